The number of fused-ring (bicyclic) bond motifs is 1. The van der Waals surface area contributed by atoms with Crippen LogP contribution in [0.15, 0.2) is 12.2 Å². The Bertz CT molecular complexity index is 441. The summed E-state index contributed by atoms with van der Waals surface area (Å²) in [7, 11) is 0. The van der Waals surface area contributed by atoms with Crippen LogP contribution in [-0.2, 0) is 9.59 Å². The lowest BCUT2D eigenvalue weighted by Crippen LogP contribution is -2.51. The second-order valence-corrected chi connectivity index (χ2v) is 8.37. The zero-order chi connectivity index (χ0) is 16.4. The minimum atomic E-state index is -0.152. The fourth-order valence-corrected chi connectivity index (χ4v) is 5.41. The summed E-state index contributed by atoms with van der Waals surface area (Å²) < 4.78 is 0. The molecule has 0 amide bonds. The maximum absolute atomic E-state index is 11.8. The Morgan fingerprint density at radius 1 is 1.32 bits per heavy atom. The van der Waals surface area contributed by atoms with Crippen LogP contribution in [0.25, 0.3) is 0 Å². The highest BCUT2D eigenvalue weighted by atomic mass is 16.1. The van der Waals surface area contributed by atoms with E-state index < -0.39 is 0 Å². The van der Waals surface area contributed by atoms with Gasteiger partial charge in [-0.1, -0.05) is 39.3 Å². The molecule has 0 aliphatic heterocycles. The van der Waals surface area contributed by atoms with Crippen molar-refractivity contribution in [2.45, 2.75) is 72.1 Å². The zero-order valence-electron chi connectivity index (χ0n) is 14.6. The fraction of sp³-hybridized carbons (Fsp3) is 0.800. The number of allylic oxidation sites excluding steroid dienone is 1. The summed E-state index contributed by atoms with van der Waals surface area (Å²) in [6.07, 6.45) is 10.7. The Hall–Kier alpha value is -0.920. The molecule has 2 aliphatic rings. The van der Waals surface area contributed by atoms with Crippen molar-refractivity contribution in [3.8, 4) is 0 Å². The molecule has 5 atom stereocenters. The van der Waals surface area contributed by atoms with Gasteiger partial charge in [-0.3, -0.25) is 0 Å². The van der Waals surface area contributed by atoms with Crippen LogP contribution < -0.4 is 0 Å². The molecule has 2 fully saturated rings. The normalized spacial score (nSPS) is 39.9. The van der Waals surface area contributed by atoms with Gasteiger partial charge in [-0.05, 0) is 61.7 Å². The van der Waals surface area contributed by atoms with E-state index in [-0.39, 0.29) is 10.8 Å². The van der Waals surface area contributed by atoms with Gasteiger partial charge < -0.3 is 9.59 Å². The zero-order valence-corrected chi connectivity index (χ0v) is 14.6. The molecule has 0 heterocycles. The predicted octanol–water partition coefficient (Wildman–Crippen LogP) is 4.97. The lowest BCUT2D eigenvalue weighted by atomic mass is 9.47. The van der Waals surface area contributed by atoms with Gasteiger partial charge in [-0.25, -0.2) is 0 Å². The highest BCUT2D eigenvalue weighted by Crippen LogP contribution is 2.61. The van der Waals surface area contributed by atoms with Crippen LogP contribution in [0, 0.1) is 28.6 Å². The Labute approximate surface area is 135 Å². The molecule has 2 rings (SSSR count). The predicted molar refractivity (Wildman–Crippen MR) is 90.6 cm³/mol. The monoisotopic (exact) mass is 304 g/mol. The number of carbonyl (C=O) groups is 2. The lowest BCUT2D eigenvalue weighted by Gasteiger charge is -2.57. The number of hydrogen-bond acceptors (Lipinski definition) is 2. The Balaban J connectivity index is 2.18. The molecule has 0 aromatic carbocycles. The molecule has 0 unspecified atom stereocenters. The minimum absolute atomic E-state index is 0.152. The molecular formula is C20H32O2. The van der Waals surface area contributed by atoms with Crippen LogP contribution in [0.4, 0.5) is 0 Å². The van der Waals surface area contributed by atoms with Crippen LogP contribution in [0.1, 0.15) is 72.1 Å². The van der Waals surface area contributed by atoms with E-state index >= 15 is 0 Å². The minimum Gasteiger partial charge on any atom is -0.303 e. The first-order valence-electron chi connectivity index (χ1n) is 8.95. The molecule has 0 N–H and O–H groups in total. The van der Waals surface area contributed by atoms with Crippen LogP contribution >= 0.6 is 0 Å². The van der Waals surface area contributed by atoms with Crippen molar-refractivity contribution in [3.63, 3.8) is 0 Å². The van der Waals surface area contributed by atoms with Crippen molar-refractivity contribution >= 4 is 12.6 Å². The van der Waals surface area contributed by atoms with E-state index in [4.69, 9.17) is 0 Å². The Morgan fingerprint density at radius 3 is 2.68 bits per heavy atom. The maximum atomic E-state index is 11.8. The largest absolute Gasteiger partial charge is 0.303 e. The number of aldehydes is 2. The fourth-order valence-electron chi connectivity index (χ4n) is 5.41. The molecule has 2 aliphatic carbocycles. The Morgan fingerprint density at radius 2 is 2.05 bits per heavy atom. The first-order chi connectivity index (χ1) is 10.4. The first-order valence-corrected chi connectivity index (χ1v) is 8.95. The molecule has 0 spiro atoms. The van der Waals surface area contributed by atoms with Crippen LogP contribution in [-0.4, -0.2) is 12.6 Å². The van der Waals surface area contributed by atoms with E-state index in [1.165, 1.54) is 18.3 Å². The van der Waals surface area contributed by atoms with Crippen molar-refractivity contribution in [1.29, 1.82) is 0 Å². The van der Waals surface area contributed by atoms with E-state index in [1.807, 2.05) is 0 Å². The van der Waals surface area contributed by atoms with Crippen molar-refractivity contribution in [2.75, 3.05) is 0 Å². The molecule has 0 bridgehead atoms. The highest BCUT2D eigenvalue weighted by molar-refractivity contribution is 5.60. The summed E-state index contributed by atoms with van der Waals surface area (Å²) in [6, 6.07) is 0. The number of hydrogen-bond donors (Lipinski definition) is 0. The molecule has 2 saturated carbocycles. The molecule has 0 aromatic rings. The van der Waals surface area contributed by atoms with Gasteiger partial charge >= 0.3 is 0 Å². The standard InChI is InChI=1S/C20H32O2/c1-15(10-13-21)6-8-17-16(2)7-9-18-19(3,14-22)11-5-12-20(17,18)4/h13-15,17-18H,2,5-12H2,1,3-4H3/t15-,17-,18+,19+,20+/m0/s1. The molecule has 22 heavy (non-hydrogen) atoms. The van der Waals surface area contributed by atoms with Crippen LogP contribution in [0.5, 0.6) is 0 Å². The summed E-state index contributed by atoms with van der Waals surface area (Å²) in [6.45, 7) is 11.1. The van der Waals surface area contributed by atoms with E-state index in [9.17, 15) is 9.59 Å². The smallest absolute Gasteiger partial charge is 0.126 e. The topological polar surface area (TPSA) is 34.1 Å². The van der Waals surface area contributed by atoms with Gasteiger partial charge in [0, 0.05) is 11.8 Å². The van der Waals surface area contributed by atoms with Gasteiger partial charge in [0.15, 0.2) is 0 Å². The average molecular weight is 304 g/mol. The van der Waals surface area contributed by atoms with E-state index in [1.54, 1.807) is 0 Å². The molecule has 124 valence electrons. The van der Waals surface area contributed by atoms with Gasteiger partial charge in [0.2, 0.25) is 0 Å². The van der Waals surface area contributed by atoms with Gasteiger partial charge in [0.05, 0.1) is 0 Å². The summed E-state index contributed by atoms with van der Waals surface area (Å²) in [5, 5.41) is 0. The molecule has 0 radical (unpaired) electrons. The van der Waals surface area contributed by atoms with Gasteiger partial charge in [0.25, 0.3) is 0 Å². The number of carbonyl (C=O) groups excluding carboxylic acids is 2. The third kappa shape index (κ3) is 3.07. The van der Waals surface area contributed by atoms with Gasteiger partial charge in [0.1, 0.15) is 12.6 Å². The van der Waals surface area contributed by atoms with Gasteiger partial charge in [-0.2, -0.15) is 0 Å². The lowest BCUT2D eigenvalue weighted by molar-refractivity contribution is -0.130. The second-order valence-electron chi connectivity index (χ2n) is 8.37. The van der Waals surface area contributed by atoms with E-state index in [2.05, 4.69) is 27.4 Å². The van der Waals surface area contributed by atoms with Crippen LogP contribution in [0.3, 0.4) is 0 Å². The number of rotatable bonds is 6. The summed E-state index contributed by atoms with van der Waals surface area (Å²) in [5.41, 5.74) is 1.44. The molecule has 2 heteroatoms. The second kappa shape index (κ2) is 6.68. The summed E-state index contributed by atoms with van der Waals surface area (Å²) in [4.78, 5) is 22.4. The Kier molecular flexibility index (Phi) is 5.29. The maximum Gasteiger partial charge on any atom is 0.126 e. The first kappa shape index (κ1) is 17.4. The third-order valence-electron chi connectivity index (χ3n) is 6.78. The van der Waals surface area contributed by atoms with Gasteiger partial charge in [-0.15, -0.1) is 0 Å². The third-order valence-corrected chi connectivity index (χ3v) is 6.78. The van der Waals surface area contributed by atoms with Crippen molar-refractivity contribution in [3.05, 3.63) is 12.2 Å². The van der Waals surface area contributed by atoms with Crippen molar-refractivity contribution in [1.82, 2.24) is 0 Å². The summed E-state index contributed by atoms with van der Waals surface area (Å²) >= 11 is 0. The quantitative estimate of drug-likeness (QED) is 0.513. The van der Waals surface area contributed by atoms with E-state index in [0.717, 1.165) is 44.8 Å². The van der Waals surface area contributed by atoms with E-state index in [0.29, 0.717) is 24.2 Å². The molecular weight excluding hydrogens is 272 g/mol. The summed E-state index contributed by atoms with van der Waals surface area (Å²) in [5.74, 6) is 1.46. The van der Waals surface area contributed by atoms with Crippen molar-refractivity contribution < 1.29 is 9.59 Å². The SMILES string of the molecule is C=C1CC[C@H]2[C@](C)(CCC[C@]2(C)C=O)[C@H]1CC[C@H](C)CC=O. The molecule has 0 saturated heterocycles. The van der Waals surface area contributed by atoms with Crippen LogP contribution in [0.2, 0.25) is 0 Å². The van der Waals surface area contributed by atoms with Crippen molar-refractivity contribution in [2.24, 2.45) is 28.6 Å². The highest BCUT2D eigenvalue weighted by Gasteiger charge is 2.54. The average Bonchev–Trinajstić information content (AvgIpc) is 2.46. The molecule has 0 aromatic heterocycles. The molecule has 2 nitrogen and oxygen atoms in total.